The lowest BCUT2D eigenvalue weighted by molar-refractivity contribution is -0.884. The summed E-state index contributed by atoms with van der Waals surface area (Å²) in [5, 5.41) is 3.75. The maximum atomic E-state index is 12.0. The van der Waals surface area contributed by atoms with Crippen molar-refractivity contribution in [1.82, 2.24) is 0 Å². The van der Waals surface area contributed by atoms with E-state index in [-0.39, 0.29) is 5.91 Å². The molecule has 1 aromatic carbocycles. The molecule has 2 rings (SSSR count). The number of nitrogens with one attached hydrogen (secondary N) is 2. The van der Waals surface area contributed by atoms with Gasteiger partial charge in [-0.3, -0.25) is 4.79 Å². The zero-order chi connectivity index (χ0) is 15.4. The third-order valence-corrected chi connectivity index (χ3v) is 4.55. The third kappa shape index (κ3) is 5.16. The lowest BCUT2D eigenvalue weighted by Crippen LogP contribution is -3.08. The van der Waals surface area contributed by atoms with Gasteiger partial charge in [0.15, 0.2) is 6.54 Å². The van der Waals surface area contributed by atoms with E-state index in [0.29, 0.717) is 22.3 Å². The highest BCUT2D eigenvalue weighted by Gasteiger charge is 2.13. The van der Waals surface area contributed by atoms with Gasteiger partial charge in [0.2, 0.25) is 0 Å². The molecule has 7 heteroatoms. The molecular formula is C14H14Cl3N2OS+. The number of carbonyl (C=O) groups excluding carboxylic acids is 1. The summed E-state index contributed by atoms with van der Waals surface area (Å²) in [6, 6.07) is 8.82. The molecule has 0 aliphatic rings. The predicted octanol–water partition coefficient (Wildman–Crippen LogP) is 3.36. The Balaban J connectivity index is 1.89. The molecule has 1 heterocycles. The lowest BCUT2D eigenvalue weighted by atomic mass is 10.3. The summed E-state index contributed by atoms with van der Waals surface area (Å²) in [6.07, 6.45) is 0. The molecule has 0 aliphatic carbocycles. The molecule has 0 bridgehead atoms. The zero-order valence-electron chi connectivity index (χ0n) is 11.3. The van der Waals surface area contributed by atoms with Crippen molar-refractivity contribution in [3.8, 4) is 0 Å². The minimum Gasteiger partial charge on any atom is -0.325 e. The molecule has 1 amide bonds. The first-order valence-corrected chi connectivity index (χ1v) is 8.19. The molecule has 1 atom stereocenters. The molecule has 3 nitrogen and oxygen atoms in total. The predicted molar refractivity (Wildman–Crippen MR) is 89.9 cm³/mol. The van der Waals surface area contributed by atoms with Crippen molar-refractivity contribution in [3.05, 3.63) is 49.6 Å². The van der Waals surface area contributed by atoms with E-state index in [9.17, 15) is 4.79 Å². The van der Waals surface area contributed by atoms with E-state index in [1.54, 1.807) is 18.2 Å². The average molecular weight is 365 g/mol. The van der Waals surface area contributed by atoms with Gasteiger partial charge in [-0.05, 0) is 30.3 Å². The Morgan fingerprint density at radius 2 is 2.00 bits per heavy atom. The fourth-order valence-corrected chi connectivity index (χ4v) is 3.52. The van der Waals surface area contributed by atoms with E-state index in [2.05, 4.69) is 5.32 Å². The van der Waals surface area contributed by atoms with Gasteiger partial charge >= 0.3 is 0 Å². The highest BCUT2D eigenvalue weighted by Crippen LogP contribution is 2.25. The number of hydrogen-bond donors (Lipinski definition) is 2. The number of rotatable bonds is 5. The number of thiophene rings is 1. The molecule has 0 radical (unpaired) electrons. The Morgan fingerprint density at radius 3 is 2.62 bits per heavy atom. The van der Waals surface area contributed by atoms with Crippen molar-refractivity contribution in [2.45, 2.75) is 6.54 Å². The number of likely N-dealkylation sites (N-methyl/N-ethyl adjacent to an activating group) is 1. The molecule has 2 N–H and O–H groups in total. The Bertz CT molecular complexity index is 645. The summed E-state index contributed by atoms with van der Waals surface area (Å²) >= 11 is 19.3. The van der Waals surface area contributed by atoms with Crippen LogP contribution in [0.15, 0.2) is 30.3 Å². The van der Waals surface area contributed by atoms with Crippen molar-refractivity contribution in [1.29, 1.82) is 0 Å². The second kappa shape index (κ2) is 7.47. The fraction of sp³-hybridized carbons (Fsp3) is 0.214. The molecule has 0 saturated heterocycles. The summed E-state index contributed by atoms with van der Waals surface area (Å²) in [4.78, 5) is 14.2. The van der Waals surface area contributed by atoms with Crippen molar-refractivity contribution in [2.24, 2.45) is 0 Å². The van der Waals surface area contributed by atoms with E-state index in [1.165, 1.54) is 11.3 Å². The van der Waals surface area contributed by atoms with E-state index in [4.69, 9.17) is 34.8 Å². The molecular weight excluding hydrogens is 351 g/mol. The lowest BCUT2D eigenvalue weighted by Gasteiger charge is -2.13. The molecule has 0 spiro atoms. The molecule has 0 aliphatic heterocycles. The SMILES string of the molecule is C[NH+](CC(=O)Nc1ccc(Cl)cc1Cl)Cc1ccc(Cl)s1. The van der Waals surface area contributed by atoms with Crippen molar-refractivity contribution < 1.29 is 9.69 Å². The number of halogens is 3. The van der Waals surface area contributed by atoms with Crippen LogP contribution in [-0.4, -0.2) is 19.5 Å². The molecule has 112 valence electrons. The number of benzene rings is 1. The summed E-state index contributed by atoms with van der Waals surface area (Å²) in [6.45, 7) is 1.09. The van der Waals surface area contributed by atoms with Gasteiger partial charge in [-0.1, -0.05) is 34.8 Å². The first-order chi connectivity index (χ1) is 9.94. The van der Waals surface area contributed by atoms with E-state index in [1.807, 2.05) is 19.2 Å². The minimum absolute atomic E-state index is 0.0978. The number of quaternary nitrogens is 1. The largest absolute Gasteiger partial charge is 0.325 e. The van der Waals surface area contributed by atoms with Crippen LogP contribution in [0.3, 0.4) is 0 Å². The highest BCUT2D eigenvalue weighted by atomic mass is 35.5. The fourth-order valence-electron chi connectivity index (χ4n) is 1.87. The molecule has 2 aromatic rings. The molecule has 1 unspecified atom stereocenters. The van der Waals surface area contributed by atoms with E-state index >= 15 is 0 Å². The maximum Gasteiger partial charge on any atom is 0.279 e. The van der Waals surface area contributed by atoms with Gasteiger partial charge < -0.3 is 10.2 Å². The third-order valence-electron chi connectivity index (χ3n) is 2.77. The number of hydrogen-bond acceptors (Lipinski definition) is 2. The first-order valence-electron chi connectivity index (χ1n) is 6.24. The first kappa shape index (κ1) is 16.6. The van der Waals surface area contributed by atoms with E-state index < -0.39 is 0 Å². The highest BCUT2D eigenvalue weighted by molar-refractivity contribution is 7.16. The summed E-state index contributed by atoms with van der Waals surface area (Å²) in [7, 11) is 1.96. The average Bonchev–Trinajstić information content (AvgIpc) is 2.78. The van der Waals surface area contributed by atoms with Gasteiger partial charge in [-0.2, -0.15) is 0 Å². The van der Waals surface area contributed by atoms with Crippen LogP contribution in [0.1, 0.15) is 4.88 Å². The van der Waals surface area contributed by atoms with E-state index in [0.717, 1.165) is 20.7 Å². The molecule has 1 aromatic heterocycles. The van der Waals surface area contributed by atoms with Crippen molar-refractivity contribution in [2.75, 3.05) is 18.9 Å². The van der Waals surface area contributed by atoms with Crippen molar-refractivity contribution in [3.63, 3.8) is 0 Å². The monoisotopic (exact) mass is 363 g/mol. The Kier molecular flexibility index (Phi) is 5.90. The Hall–Kier alpha value is -0.780. The second-order valence-corrected chi connectivity index (χ2v) is 7.33. The number of anilines is 1. The van der Waals surface area contributed by atoms with Crippen LogP contribution in [0.25, 0.3) is 0 Å². The van der Waals surface area contributed by atoms with Gasteiger partial charge in [0.25, 0.3) is 5.91 Å². The number of carbonyl (C=O) groups is 1. The van der Waals surface area contributed by atoms with Crippen LogP contribution in [0, 0.1) is 0 Å². The van der Waals surface area contributed by atoms with Crippen LogP contribution in [-0.2, 0) is 11.3 Å². The second-order valence-electron chi connectivity index (χ2n) is 4.69. The van der Waals surface area contributed by atoms with Gasteiger partial charge in [0, 0.05) is 5.02 Å². The molecule has 0 saturated carbocycles. The Morgan fingerprint density at radius 1 is 1.24 bits per heavy atom. The smallest absolute Gasteiger partial charge is 0.279 e. The quantitative estimate of drug-likeness (QED) is 0.838. The molecule has 21 heavy (non-hydrogen) atoms. The van der Waals surface area contributed by atoms with Gasteiger partial charge in [0.05, 0.1) is 27.0 Å². The molecule has 0 fully saturated rings. The summed E-state index contributed by atoms with van der Waals surface area (Å²) < 4.78 is 0.759. The van der Waals surface area contributed by atoms with Crippen LogP contribution in [0.2, 0.25) is 14.4 Å². The maximum absolute atomic E-state index is 12.0. The number of amides is 1. The summed E-state index contributed by atoms with van der Waals surface area (Å²) in [5.41, 5.74) is 0.568. The normalized spacial score (nSPS) is 12.2. The standard InChI is InChI=1S/C14H13Cl3N2OS/c1-19(7-10-3-5-13(17)21-10)8-14(20)18-12-4-2-9(15)6-11(12)16/h2-6H,7-8H2,1H3,(H,18,20)/p+1. The Labute approximate surface area is 142 Å². The van der Waals surface area contributed by atoms with Gasteiger partial charge in [-0.15, -0.1) is 11.3 Å². The van der Waals surface area contributed by atoms with Gasteiger partial charge in [0.1, 0.15) is 6.54 Å². The zero-order valence-corrected chi connectivity index (χ0v) is 14.3. The summed E-state index contributed by atoms with van der Waals surface area (Å²) in [5.74, 6) is -0.0978. The minimum atomic E-state index is -0.0978. The van der Waals surface area contributed by atoms with Crippen LogP contribution in [0.5, 0.6) is 0 Å². The van der Waals surface area contributed by atoms with Gasteiger partial charge in [-0.25, -0.2) is 0 Å². The van der Waals surface area contributed by atoms with Crippen LogP contribution >= 0.6 is 46.1 Å². The van der Waals surface area contributed by atoms with Crippen LogP contribution in [0.4, 0.5) is 5.69 Å². The van der Waals surface area contributed by atoms with Crippen molar-refractivity contribution >= 4 is 57.7 Å². The topological polar surface area (TPSA) is 33.5 Å². The van der Waals surface area contributed by atoms with Crippen LogP contribution < -0.4 is 10.2 Å².